The Balaban J connectivity index is 0.00000261. The molecule has 7 heteroatoms. The number of nitrogens with one attached hydrogen (secondary N) is 2. The Labute approximate surface area is 179 Å². The van der Waals surface area contributed by atoms with Gasteiger partial charge in [-0.3, -0.25) is 4.99 Å². The van der Waals surface area contributed by atoms with Crippen LogP contribution in [0, 0.1) is 5.92 Å². The second kappa shape index (κ2) is 10.9. The summed E-state index contributed by atoms with van der Waals surface area (Å²) in [5, 5.41) is 16.9. The first-order valence-corrected chi connectivity index (χ1v) is 9.82. The highest BCUT2D eigenvalue weighted by Crippen LogP contribution is 2.30. The molecule has 3 rings (SSSR count). The van der Waals surface area contributed by atoms with E-state index >= 15 is 0 Å². The van der Waals surface area contributed by atoms with Gasteiger partial charge in [0.15, 0.2) is 5.96 Å². The summed E-state index contributed by atoms with van der Waals surface area (Å²) in [5.74, 6) is 2.08. The average Bonchev–Trinajstić information content (AvgIpc) is 3.29. The van der Waals surface area contributed by atoms with Gasteiger partial charge in [-0.15, -0.1) is 24.0 Å². The summed E-state index contributed by atoms with van der Waals surface area (Å²) >= 11 is 0. The monoisotopic (exact) mass is 488 g/mol. The van der Waals surface area contributed by atoms with Gasteiger partial charge in [0.25, 0.3) is 0 Å². The van der Waals surface area contributed by atoms with E-state index in [-0.39, 0.29) is 30.1 Å². The van der Waals surface area contributed by atoms with Crippen molar-refractivity contribution >= 4 is 35.6 Å². The standard InChI is InChI=1S/C20H32N4O2.HI/c1-3-21-20(22-13-15-7-6-9-18(15)25)23-16-11-12-24(14-16)17-8-4-5-10-19(17)26-2;/h4-5,8,10,15-16,18,25H,3,6-7,9,11-14H2,1-2H3,(H2,21,22,23);1H. The number of hydrogen-bond donors (Lipinski definition) is 3. The van der Waals surface area contributed by atoms with Gasteiger partial charge in [0.1, 0.15) is 5.75 Å². The van der Waals surface area contributed by atoms with Crippen molar-refractivity contribution < 1.29 is 9.84 Å². The van der Waals surface area contributed by atoms with Gasteiger partial charge in [-0.25, -0.2) is 0 Å². The third-order valence-electron chi connectivity index (χ3n) is 5.40. The first kappa shape index (κ1) is 22.1. The van der Waals surface area contributed by atoms with Crippen LogP contribution >= 0.6 is 24.0 Å². The van der Waals surface area contributed by atoms with Crippen LogP contribution in [0.4, 0.5) is 5.69 Å². The van der Waals surface area contributed by atoms with Crippen LogP contribution in [0.1, 0.15) is 32.6 Å². The van der Waals surface area contributed by atoms with Gasteiger partial charge in [0, 0.05) is 38.1 Å². The third kappa shape index (κ3) is 5.88. The molecule has 1 aromatic carbocycles. The van der Waals surface area contributed by atoms with E-state index in [4.69, 9.17) is 9.73 Å². The van der Waals surface area contributed by atoms with E-state index in [2.05, 4.69) is 34.6 Å². The summed E-state index contributed by atoms with van der Waals surface area (Å²) in [5.41, 5.74) is 1.15. The van der Waals surface area contributed by atoms with E-state index < -0.39 is 0 Å². The lowest BCUT2D eigenvalue weighted by Crippen LogP contribution is -2.45. The predicted octanol–water partition coefficient (Wildman–Crippen LogP) is 2.61. The van der Waals surface area contributed by atoms with Crippen LogP contribution < -0.4 is 20.3 Å². The lowest BCUT2D eigenvalue weighted by atomic mass is 10.1. The highest BCUT2D eigenvalue weighted by atomic mass is 127. The molecule has 0 spiro atoms. The fourth-order valence-electron chi connectivity index (χ4n) is 3.94. The van der Waals surface area contributed by atoms with Crippen molar-refractivity contribution in [2.75, 3.05) is 38.2 Å². The Kier molecular flexibility index (Phi) is 8.95. The predicted molar refractivity (Wildman–Crippen MR) is 121 cm³/mol. The van der Waals surface area contributed by atoms with E-state index in [1.165, 1.54) is 0 Å². The molecular weight excluding hydrogens is 455 g/mol. The van der Waals surface area contributed by atoms with E-state index in [0.717, 1.165) is 62.7 Å². The van der Waals surface area contributed by atoms with Gasteiger partial charge >= 0.3 is 0 Å². The molecule has 3 atom stereocenters. The second-order valence-electron chi connectivity index (χ2n) is 7.23. The molecule has 2 aliphatic rings. The molecule has 1 aromatic rings. The van der Waals surface area contributed by atoms with Gasteiger partial charge in [0.05, 0.1) is 18.9 Å². The van der Waals surface area contributed by atoms with Crippen molar-refractivity contribution in [2.24, 2.45) is 10.9 Å². The number of para-hydroxylation sites is 2. The summed E-state index contributed by atoms with van der Waals surface area (Å²) < 4.78 is 5.50. The van der Waals surface area contributed by atoms with Crippen molar-refractivity contribution in [3.8, 4) is 5.75 Å². The molecule has 0 radical (unpaired) electrons. The number of hydrogen-bond acceptors (Lipinski definition) is 4. The van der Waals surface area contributed by atoms with Crippen molar-refractivity contribution in [1.82, 2.24) is 10.6 Å². The van der Waals surface area contributed by atoms with Crippen molar-refractivity contribution in [2.45, 2.75) is 44.8 Å². The zero-order chi connectivity index (χ0) is 18.4. The minimum atomic E-state index is -0.186. The minimum Gasteiger partial charge on any atom is -0.495 e. The Morgan fingerprint density at radius 3 is 2.81 bits per heavy atom. The number of rotatable bonds is 6. The molecule has 2 fully saturated rings. The Morgan fingerprint density at radius 1 is 1.30 bits per heavy atom. The summed E-state index contributed by atoms with van der Waals surface area (Å²) in [4.78, 5) is 7.09. The molecule has 0 bridgehead atoms. The molecule has 27 heavy (non-hydrogen) atoms. The first-order valence-electron chi connectivity index (χ1n) is 9.82. The van der Waals surface area contributed by atoms with Crippen molar-refractivity contribution in [3.05, 3.63) is 24.3 Å². The van der Waals surface area contributed by atoms with Crippen LogP contribution in [0.2, 0.25) is 0 Å². The maximum Gasteiger partial charge on any atom is 0.191 e. The number of methoxy groups -OCH3 is 1. The fraction of sp³-hybridized carbons (Fsp3) is 0.650. The maximum atomic E-state index is 10.00. The topological polar surface area (TPSA) is 69.1 Å². The van der Waals surface area contributed by atoms with E-state index in [0.29, 0.717) is 18.5 Å². The zero-order valence-corrected chi connectivity index (χ0v) is 18.7. The maximum absolute atomic E-state index is 10.00. The Bertz CT molecular complexity index is 613. The van der Waals surface area contributed by atoms with Gasteiger partial charge < -0.3 is 25.4 Å². The highest BCUT2D eigenvalue weighted by Gasteiger charge is 2.27. The normalized spacial score (nSPS) is 25.2. The summed E-state index contributed by atoms with van der Waals surface area (Å²) in [6.07, 6.45) is 3.99. The summed E-state index contributed by atoms with van der Waals surface area (Å²) in [6.45, 7) is 5.54. The average molecular weight is 488 g/mol. The number of guanidine groups is 1. The lowest BCUT2D eigenvalue weighted by molar-refractivity contribution is 0.136. The lowest BCUT2D eigenvalue weighted by Gasteiger charge is -2.22. The summed E-state index contributed by atoms with van der Waals surface area (Å²) in [7, 11) is 1.72. The van der Waals surface area contributed by atoms with Crippen LogP contribution in [0.3, 0.4) is 0 Å². The fourth-order valence-corrected chi connectivity index (χ4v) is 3.94. The number of nitrogens with zero attached hydrogens (tertiary/aromatic N) is 2. The zero-order valence-electron chi connectivity index (χ0n) is 16.4. The smallest absolute Gasteiger partial charge is 0.191 e. The van der Waals surface area contributed by atoms with E-state index in [9.17, 15) is 5.11 Å². The quantitative estimate of drug-likeness (QED) is 0.327. The van der Waals surface area contributed by atoms with Gasteiger partial charge in [-0.05, 0) is 38.3 Å². The van der Waals surface area contributed by atoms with Crippen LogP contribution in [0.5, 0.6) is 5.75 Å². The van der Waals surface area contributed by atoms with Crippen LogP contribution in [-0.4, -0.2) is 56.5 Å². The number of ether oxygens (including phenoxy) is 1. The summed E-state index contributed by atoms with van der Waals surface area (Å²) in [6, 6.07) is 8.53. The Morgan fingerprint density at radius 2 is 2.11 bits per heavy atom. The number of aliphatic imine (C=N–C) groups is 1. The SMILES string of the molecule is CCNC(=NCC1CCCC1O)NC1CCN(c2ccccc2OC)C1.I. The molecule has 0 aromatic heterocycles. The number of aliphatic hydroxyl groups is 1. The molecule has 3 N–H and O–H groups in total. The molecule has 152 valence electrons. The minimum absolute atomic E-state index is 0. The molecule has 1 heterocycles. The molecule has 1 saturated carbocycles. The number of halogens is 1. The van der Waals surface area contributed by atoms with E-state index in [1.807, 2.05) is 12.1 Å². The van der Waals surface area contributed by atoms with Gasteiger partial charge in [0.2, 0.25) is 0 Å². The van der Waals surface area contributed by atoms with Crippen molar-refractivity contribution in [1.29, 1.82) is 0 Å². The largest absolute Gasteiger partial charge is 0.495 e. The molecule has 6 nitrogen and oxygen atoms in total. The first-order chi connectivity index (χ1) is 12.7. The molecular formula is C20H33IN4O2. The van der Waals surface area contributed by atoms with Gasteiger partial charge in [-0.1, -0.05) is 18.6 Å². The Hall–Kier alpha value is -1.22. The van der Waals surface area contributed by atoms with Crippen LogP contribution in [0.25, 0.3) is 0 Å². The molecule has 0 amide bonds. The van der Waals surface area contributed by atoms with Crippen LogP contribution in [0.15, 0.2) is 29.3 Å². The highest BCUT2D eigenvalue weighted by molar-refractivity contribution is 14.0. The number of aliphatic hydroxyl groups excluding tert-OH is 1. The molecule has 3 unspecified atom stereocenters. The van der Waals surface area contributed by atoms with Gasteiger partial charge in [-0.2, -0.15) is 0 Å². The molecule has 1 aliphatic carbocycles. The third-order valence-corrected chi connectivity index (χ3v) is 5.40. The van der Waals surface area contributed by atoms with Crippen molar-refractivity contribution in [3.63, 3.8) is 0 Å². The van der Waals surface area contributed by atoms with E-state index in [1.54, 1.807) is 7.11 Å². The number of anilines is 1. The second-order valence-corrected chi connectivity index (χ2v) is 7.23. The number of benzene rings is 1. The van der Waals surface area contributed by atoms with Crippen LogP contribution in [-0.2, 0) is 0 Å². The molecule has 1 aliphatic heterocycles. The molecule has 1 saturated heterocycles.